The van der Waals surface area contributed by atoms with Crippen molar-refractivity contribution in [1.29, 1.82) is 0 Å². The SMILES string of the molecule is CCOc1ccc(C=C2N=C(C=Cc3cccc(Cl)c3Cl)OC2=O)cc1. The first-order valence-corrected chi connectivity index (χ1v) is 8.70. The molecule has 1 aliphatic rings. The van der Waals surface area contributed by atoms with Gasteiger partial charge in [-0.25, -0.2) is 9.79 Å². The first-order valence-electron chi connectivity index (χ1n) is 7.94. The molecule has 3 rings (SSSR count). The molecule has 0 aliphatic carbocycles. The van der Waals surface area contributed by atoms with Crippen LogP contribution >= 0.6 is 23.2 Å². The van der Waals surface area contributed by atoms with Gasteiger partial charge in [-0.05, 0) is 48.4 Å². The summed E-state index contributed by atoms with van der Waals surface area (Å²) in [5.41, 5.74) is 1.76. The highest BCUT2D eigenvalue weighted by atomic mass is 35.5. The van der Waals surface area contributed by atoms with Crippen molar-refractivity contribution < 1.29 is 14.3 Å². The van der Waals surface area contributed by atoms with Crippen LogP contribution in [0, 0.1) is 0 Å². The number of aliphatic imine (C=N–C) groups is 1. The van der Waals surface area contributed by atoms with Crippen LogP contribution in [0.25, 0.3) is 12.2 Å². The molecular formula is C20H15Cl2NO3. The topological polar surface area (TPSA) is 47.9 Å². The fourth-order valence-electron chi connectivity index (χ4n) is 2.29. The Morgan fingerprint density at radius 2 is 1.88 bits per heavy atom. The summed E-state index contributed by atoms with van der Waals surface area (Å²) in [6.07, 6.45) is 4.93. The largest absolute Gasteiger partial charge is 0.494 e. The summed E-state index contributed by atoms with van der Waals surface area (Å²) >= 11 is 12.1. The Hall–Kier alpha value is -2.56. The third-order valence-electron chi connectivity index (χ3n) is 3.52. The number of ether oxygens (including phenoxy) is 2. The second-order valence-corrected chi connectivity index (χ2v) is 6.13. The van der Waals surface area contributed by atoms with Crippen molar-refractivity contribution in [3.63, 3.8) is 0 Å². The highest BCUT2D eigenvalue weighted by molar-refractivity contribution is 6.42. The highest BCUT2D eigenvalue weighted by Gasteiger charge is 2.21. The molecule has 0 saturated heterocycles. The van der Waals surface area contributed by atoms with Crippen LogP contribution < -0.4 is 4.74 Å². The summed E-state index contributed by atoms with van der Waals surface area (Å²) in [7, 11) is 0. The van der Waals surface area contributed by atoms with Gasteiger partial charge in [0.15, 0.2) is 5.70 Å². The Morgan fingerprint density at radius 1 is 1.12 bits per heavy atom. The van der Waals surface area contributed by atoms with Gasteiger partial charge in [0, 0.05) is 6.08 Å². The number of benzene rings is 2. The van der Waals surface area contributed by atoms with Gasteiger partial charge in [0.25, 0.3) is 0 Å². The number of rotatable bonds is 5. The van der Waals surface area contributed by atoms with Crippen molar-refractivity contribution in [3.05, 3.63) is 75.4 Å². The molecule has 4 nitrogen and oxygen atoms in total. The molecule has 0 unspecified atom stereocenters. The molecule has 0 spiro atoms. The van der Waals surface area contributed by atoms with Crippen LogP contribution in [0.3, 0.4) is 0 Å². The van der Waals surface area contributed by atoms with Crippen LogP contribution in [-0.2, 0) is 9.53 Å². The first kappa shape index (κ1) is 18.2. The number of carbonyl (C=O) groups excluding carboxylic acids is 1. The number of cyclic esters (lactones) is 1. The van der Waals surface area contributed by atoms with Gasteiger partial charge in [-0.15, -0.1) is 0 Å². The summed E-state index contributed by atoms with van der Waals surface area (Å²) < 4.78 is 10.5. The highest BCUT2D eigenvalue weighted by Crippen LogP contribution is 2.27. The molecule has 1 heterocycles. The van der Waals surface area contributed by atoms with E-state index in [9.17, 15) is 4.79 Å². The molecule has 0 fully saturated rings. The van der Waals surface area contributed by atoms with E-state index in [2.05, 4.69) is 4.99 Å². The molecule has 0 amide bonds. The zero-order chi connectivity index (χ0) is 18.5. The lowest BCUT2D eigenvalue weighted by atomic mass is 10.2. The number of esters is 1. The smallest absolute Gasteiger partial charge is 0.363 e. The summed E-state index contributed by atoms with van der Waals surface area (Å²) in [4.78, 5) is 16.2. The third-order valence-corrected chi connectivity index (χ3v) is 4.35. The summed E-state index contributed by atoms with van der Waals surface area (Å²) in [6.45, 7) is 2.52. The Balaban J connectivity index is 1.78. The van der Waals surface area contributed by atoms with E-state index >= 15 is 0 Å². The van der Waals surface area contributed by atoms with Crippen molar-refractivity contribution in [1.82, 2.24) is 0 Å². The lowest BCUT2D eigenvalue weighted by molar-refractivity contribution is -0.129. The van der Waals surface area contributed by atoms with Crippen molar-refractivity contribution >= 4 is 47.2 Å². The van der Waals surface area contributed by atoms with E-state index in [0.717, 1.165) is 11.3 Å². The average Bonchev–Trinajstić information content (AvgIpc) is 2.98. The van der Waals surface area contributed by atoms with Crippen LogP contribution in [0.2, 0.25) is 10.0 Å². The summed E-state index contributed by atoms with van der Waals surface area (Å²) in [5, 5.41) is 0.885. The van der Waals surface area contributed by atoms with Gasteiger partial charge in [-0.1, -0.05) is 47.5 Å². The van der Waals surface area contributed by atoms with Crippen molar-refractivity contribution in [2.75, 3.05) is 6.61 Å². The van der Waals surface area contributed by atoms with E-state index in [1.807, 2.05) is 31.2 Å². The van der Waals surface area contributed by atoms with Crippen molar-refractivity contribution in [2.24, 2.45) is 4.99 Å². The molecule has 2 aromatic rings. The first-order chi connectivity index (χ1) is 12.6. The third kappa shape index (κ3) is 4.34. The van der Waals surface area contributed by atoms with E-state index in [1.165, 1.54) is 0 Å². The maximum absolute atomic E-state index is 12.0. The number of nitrogens with zero attached hydrogens (tertiary/aromatic N) is 1. The molecule has 2 aromatic carbocycles. The number of carbonyl (C=O) groups is 1. The maximum Gasteiger partial charge on any atom is 0.363 e. The normalized spacial score (nSPS) is 15.4. The van der Waals surface area contributed by atoms with E-state index < -0.39 is 5.97 Å². The molecule has 0 radical (unpaired) electrons. The fourth-order valence-corrected chi connectivity index (χ4v) is 2.66. The molecule has 132 valence electrons. The molecule has 0 saturated carbocycles. The average molecular weight is 388 g/mol. The van der Waals surface area contributed by atoms with Gasteiger partial charge >= 0.3 is 5.97 Å². The predicted molar refractivity (Wildman–Crippen MR) is 105 cm³/mol. The molecule has 0 aromatic heterocycles. The Morgan fingerprint density at radius 3 is 2.62 bits per heavy atom. The zero-order valence-electron chi connectivity index (χ0n) is 13.9. The van der Waals surface area contributed by atoms with Crippen molar-refractivity contribution in [2.45, 2.75) is 6.92 Å². The van der Waals surface area contributed by atoms with Crippen molar-refractivity contribution in [3.8, 4) is 5.75 Å². The van der Waals surface area contributed by atoms with E-state index in [4.69, 9.17) is 32.7 Å². The van der Waals surface area contributed by atoms with Crippen LogP contribution in [-0.4, -0.2) is 18.5 Å². The number of halogens is 2. The Kier molecular flexibility index (Phi) is 5.76. The molecule has 0 N–H and O–H groups in total. The molecule has 0 atom stereocenters. The van der Waals surface area contributed by atoms with Gasteiger partial charge < -0.3 is 9.47 Å². The fraction of sp³-hybridized carbons (Fsp3) is 0.100. The van der Waals surface area contributed by atoms with Gasteiger partial charge in [0.05, 0.1) is 16.7 Å². The maximum atomic E-state index is 12.0. The van der Waals surface area contributed by atoms with Crippen LogP contribution in [0.15, 0.2) is 59.2 Å². The van der Waals surface area contributed by atoms with Gasteiger partial charge in [-0.2, -0.15) is 0 Å². The number of hydrogen-bond donors (Lipinski definition) is 0. The monoisotopic (exact) mass is 387 g/mol. The van der Waals surface area contributed by atoms with Gasteiger partial charge in [0.1, 0.15) is 5.75 Å². The van der Waals surface area contributed by atoms with Crippen LogP contribution in [0.1, 0.15) is 18.1 Å². The van der Waals surface area contributed by atoms with E-state index in [0.29, 0.717) is 22.2 Å². The van der Waals surface area contributed by atoms with Gasteiger partial charge in [-0.3, -0.25) is 0 Å². The van der Waals surface area contributed by atoms with E-state index in [-0.39, 0.29) is 11.6 Å². The Labute approximate surface area is 161 Å². The quantitative estimate of drug-likeness (QED) is 0.509. The lowest BCUT2D eigenvalue weighted by Gasteiger charge is -2.02. The predicted octanol–water partition coefficient (Wildman–Crippen LogP) is 5.40. The molecule has 1 aliphatic heterocycles. The minimum atomic E-state index is -0.504. The second-order valence-electron chi connectivity index (χ2n) is 5.35. The second kappa shape index (κ2) is 8.21. The van der Waals surface area contributed by atoms with Gasteiger partial charge in [0.2, 0.25) is 5.90 Å². The minimum absolute atomic E-state index is 0.197. The minimum Gasteiger partial charge on any atom is -0.494 e. The standard InChI is InChI=1S/C20H15Cl2NO3/c1-2-25-15-9-6-13(7-10-15)12-17-20(24)26-18(23-17)11-8-14-4-3-5-16(21)19(14)22/h3-12H,2H2,1H3. The van der Waals surface area contributed by atoms with E-state index in [1.54, 1.807) is 36.4 Å². The van der Waals surface area contributed by atoms with Crippen LogP contribution in [0.5, 0.6) is 5.75 Å². The Bertz CT molecular complexity index is 915. The number of hydrogen-bond acceptors (Lipinski definition) is 4. The molecule has 26 heavy (non-hydrogen) atoms. The summed E-state index contributed by atoms with van der Waals surface area (Å²) in [5.74, 6) is 0.466. The zero-order valence-corrected chi connectivity index (χ0v) is 15.4. The van der Waals surface area contributed by atoms with Crippen LogP contribution in [0.4, 0.5) is 0 Å². The molecule has 6 heteroatoms. The lowest BCUT2D eigenvalue weighted by Crippen LogP contribution is -2.01. The molecular weight excluding hydrogens is 373 g/mol. The summed E-state index contributed by atoms with van der Waals surface area (Å²) in [6, 6.07) is 12.7. The molecule has 0 bridgehead atoms.